The van der Waals surface area contributed by atoms with E-state index in [1.165, 1.54) is 27.1 Å². The molecule has 0 radical (unpaired) electrons. The number of nitrogens with one attached hydrogen (secondary N) is 2. The predicted molar refractivity (Wildman–Crippen MR) is 98.4 cm³/mol. The fourth-order valence-corrected chi connectivity index (χ4v) is 3.46. The van der Waals surface area contributed by atoms with Crippen molar-refractivity contribution in [3.63, 3.8) is 0 Å². The van der Waals surface area contributed by atoms with E-state index in [2.05, 4.69) is 15.6 Å². The first kappa shape index (κ1) is 18.2. The van der Waals surface area contributed by atoms with E-state index in [1.807, 2.05) is 6.07 Å². The van der Waals surface area contributed by atoms with E-state index in [0.717, 1.165) is 18.5 Å². The van der Waals surface area contributed by atoms with Crippen molar-refractivity contribution in [2.45, 2.75) is 31.7 Å². The lowest BCUT2D eigenvalue weighted by Crippen LogP contribution is -2.19. The normalized spacial score (nSPS) is 14.6. The number of fused-ring (bicyclic) bond motifs is 1. The molecule has 2 N–H and O–H groups in total. The van der Waals surface area contributed by atoms with E-state index in [4.69, 9.17) is 9.47 Å². The third kappa shape index (κ3) is 3.50. The highest BCUT2D eigenvalue weighted by molar-refractivity contribution is 6.11. The van der Waals surface area contributed by atoms with Gasteiger partial charge in [-0.1, -0.05) is 12.8 Å². The summed E-state index contributed by atoms with van der Waals surface area (Å²) in [4.78, 5) is 28.8. The van der Waals surface area contributed by atoms with Crippen molar-refractivity contribution in [3.05, 3.63) is 18.0 Å². The van der Waals surface area contributed by atoms with Crippen molar-refractivity contribution < 1.29 is 19.1 Å². The van der Waals surface area contributed by atoms with Gasteiger partial charge >= 0.3 is 5.97 Å². The van der Waals surface area contributed by atoms with Crippen LogP contribution in [0.5, 0.6) is 0 Å². The SMILES string of the molecule is COCC(=O)Nc1c(C(=O)OC)n(C)c2ncc(NC3CCCC3)cc12. The fourth-order valence-electron chi connectivity index (χ4n) is 3.46. The average Bonchev–Trinajstić information content (AvgIpc) is 3.22. The number of aryl methyl sites for hydroxylation is 1. The van der Waals surface area contributed by atoms with Crippen molar-refractivity contribution in [3.8, 4) is 0 Å². The molecule has 0 spiro atoms. The second-order valence-corrected chi connectivity index (χ2v) is 6.48. The lowest BCUT2D eigenvalue weighted by molar-refractivity contribution is -0.119. The zero-order chi connectivity index (χ0) is 18.7. The lowest BCUT2D eigenvalue weighted by Gasteiger charge is -2.13. The molecular formula is C18H24N4O4. The summed E-state index contributed by atoms with van der Waals surface area (Å²) in [5.41, 5.74) is 2.10. The number of rotatable bonds is 6. The third-order valence-corrected chi connectivity index (χ3v) is 4.67. The van der Waals surface area contributed by atoms with Crippen LogP contribution in [0.25, 0.3) is 11.0 Å². The molecule has 0 bridgehead atoms. The van der Waals surface area contributed by atoms with E-state index in [0.29, 0.717) is 22.8 Å². The zero-order valence-corrected chi connectivity index (χ0v) is 15.3. The third-order valence-electron chi connectivity index (χ3n) is 4.67. The van der Waals surface area contributed by atoms with Crippen LogP contribution in [0.15, 0.2) is 12.3 Å². The molecule has 1 aliphatic carbocycles. The summed E-state index contributed by atoms with van der Waals surface area (Å²) in [7, 11) is 4.47. The van der Waals surface area contributed by atoms with Crippen LogP contribution in [0.2, 0.25) is 0 Å². The Morgan fingerprint density at radius 3 is 2.69 bits per heavy atom. The van der Waals surface area contributed by atoms with Gasteiger partial charge in [0.2, 0.25) is 5.91 Å². The van der Waals surface area contributed by atoms with Gasteiger partial charge in [0.05, 0.1) is 24.7 Å². The van der Waals surface area contributed by atoms with Crippen LogP contribution in [-0.2, 0) is 21.3 Å². The minimum atomic E-state index is -0.538. The Labute approximate surface area is 151 Å². The van der Waals surface area contributed by atoms with Gasteiger partial charge in [-0.2, -0.15) is 0 Å². The Morgan fingerprint density at radius 1 is 1.31 bits per heavy atom. The minimum Gasteiger partial charge on any atom is -0.464 e. The highest BCUT2D eigenvalue weighted by Crippen LogP contribution is 2.32. The highest BCUT2D eigenvalue weighted by atomic mass is 16.5. The quantitative estimate of drug-likeness (QED) is 0.768. The van der Waals surface area contributed by atoms with Gasteiger partial charge in [-0.3, -0.25) is 4.79 Å². The number of carbonyl (C=O) groups excluding carboxylic acids is 2. The van der Waals surface area contributed by atoms with Gasteiger partial charge in [0.25, 0.3) is 0 Å². The number of hydrogen-bond donors (Lipinski definition) is 2. The second kappa shape index (κ2) is 7.74. The fraction of sp³-hybridized carbons (Fsp3) is 0.500. The lowest BCUT2D eigenvalue weighted by atomic mass is 10.2. The Hall–Kier alpha value is -2.61. The topological polar surface area (TPSA) is 94.5 Å². The number of amides is 1. The molecule has 3 rings (SSSR count). The van der Waals surface area contributed by atoms with Gasteiger partial charge in [0, 0.05) is 25.6 Å². The minimum absolute atomic E-state index is 0.107. The Morgan fingerprint density at radius 2 is 2.04 bits per heavy atom. The summed E-state index contributed by atoms with van der Waals surface area (Å²) in [6.07, 6.45) is 6.48. The summed E-state index contributed by atoms with van der Waals surface area (Å²) < 4.78 is 11.4. The summed E-state index contributed by atoms with van der Waals surface area (Å²) in [5, 5.41) is 6.92. The zero-order valence-electron chi connectivity index (χ0n) is 15.3. The maximum absolute atomic E-state index is 12.3. The molecule has 1 amide bonds. The molecular weight excluding hydrogens is 336 g/mol. The number of aromatic nitrogens is 2. The monoisotopic (exact) mass is 360 g/mol. The van der Waals surface area contributed by atoms with Crippen LogP contribution in [0, 0.1) is 0 Å². The number of carbonyl (C=O) groups is 2. The van der Waals surface area contributed by atoms with E-state index in [9.17, 15) is 9.59 Å². The molecule has 8 heteroatoms. The predicted octanol–water partition coefficient (Wildman–Crippen LogP) is 2.30. The first-order valence-corrected chi connectivity index (χ1v) is 8.67. The van der Waals surface area contributed by atoms with Gasteiger partial charge in [-0.05, 0) is 18.9 Å². The van der Waals surface area contributed by atoms with Gasteiger partial charge in [0.15, 0.2) is 5.69 Å². The van der Waals surface area contributed by atoms with Gasteiger partial charge in [-0.25, -0.2) is 9.78 Å². The summed E-state index contributed by atoms with van der Waals surface area (Å²) >= 11 is 0. The molecule has 0 atom stereocenters. The number of ether oxygens (including phenoxy) is 2. The van der Waals surface area contributed by atoms with Crippen molar-refractivity contribution in [2.75, 3.05) is 31.5 Å². The van der Waals surface area contributed by atoms with Crippen molar-refractivity contribution in [1.29, 1.82) is 0 Å². The maximum Gasteiger partial charge on any atom is 0.356 e. The molecule has 26 heavy (non-hydrogen) atoms. The number of pyridine rings is 1. The number of hydrogen-bond acceptors (Lipinski definition) is 6. The molecule has 1 fully saturated rings. The van der Waals surface area contributed by atoms with Gasteiger partial charge in [0.1, 0.15) is 12.3 Å². The van der Waals surface area contributed by atoms with Crippen LogP contribution in [-0.4, -0.2) is 48.3 Å². The molecule has 2 aromatic rings. The molecule has 2 heterocycles. The maximum atomic E-state index is 12.3. The van der Waals surface area contributed by atoms with Crippen LogP contribution in [0.3, 0.4) is 0 Å². The van der Waals surface area contributed by atoms with Crippen LogP contribution in [0.4, 0.5) is 11.4 Å². The molecule has 8 nitrogen and oxygen atoms in total. The summed E-state index contributed by atoms with van der Waals surface area (Å²) in [6.45, 7) is -0.107. The average molecular weight is 360 g/mol. The molecule has 140 valence electrons. The molecule has 2 aromatic heterocycles. The number of methoxy groups -OCH3 is 2. The first-order chi connectivity index (χ1) is 12.5. The summed E-state index contributed by atoms with van der Waals surface area (Å²) in [6, 6.07) is 2.35. The van der Waals surface area contributed by atoms with Crippen molar-refractivity contribution in [1.82, 2.24) is 9.55 Å². The summed E-state index contributed by atoms with van der Waals surface area (Å²) in [5.74, 6) is -0.886. The number of anilines is 2. The van der Waals surface area contributed by atoms with Gasteiger partial charge in [-0.15, -0.1) is 0 Å². The molecule has 0 unspecified atom stereocenters. The second-order valence-electron chi connectivity index (χ2n) is 6.48. The Kier molecular flexibility index (Phi) is 5.41. The first-order valence-electron chi connectivity index (χ1n) is 8.67. The Balaban J connectivity index is 2.04. The molecule has 1 saturated carbocycles. The smallest absolute Gasteiger partial charge is 0.356 e. The largest absolute Gasteiger partial charge is 0.464 e. The Bertz CT molecular complexity index is 824. The van der Waals surface area contributed by atoms with E-state index in [-0.39, 0.29) is 18.2 Å². The van der Waals surface area contributed by atoms with Crippen molar-refractivity contribution >= 4 is 34.3 Å². The van der Waals surface area contributed by atoms with E-state index >= 15 is 0 Å². The highest BCUT2D eigenvalue weighted by Gasteiger charge is 2.25. The van der Waals surface area contributed by atoms with Crippen LogP contribution >= 0.6 is 0 Å². The van der Waals surface area contributed by atoms with Gasteiger partial charge < -0.3 is 24.7 Å². The molecule has 1 aliphatic rings. The van der Waals surface area contributed by atoms with E-state index < -0.39 is 5.97 Å². The standard InChI is InChI=1S/C18H24N4O4/c1-22-16(18(24)26-3)15(21-14(23)10-25-2)13-8-12(9-19-17(13)22)20-11-6-4-5-7-11/h8-9,11,20H,4-7,10H2,1-3H3,(H,21,23). The molecule has 0 aromatic carbocycles. The van der Waals surface area contributed by atoms with Crippen molar-refractivity contribution in [2.24, 2.45) is 7.05 Å². The van der Waals surface area contributed by atoms with E-state index in [1.54, 1.807) is 17.8 Å². The van der Waals surface area contributed by atoms with Crippen LogP contribution in [0.1, 0.15) is 36.2 Å². The molecule has 0 aliphatic heterocycles. The van der Waals surface area contributed by atoms with Crippen LogP contribution < -0.4 is 10.6 Å². The molecule has 0 saturated heterocycles. The number of nitrogens with zero attached hydrogens (tertiary/aromatic N) is 2. The number of esters is 1.